The second-order valence-corrected chi connectivity index (χ2v) is 8.80. The van der Waals surface area contributed by atoms with Gasteiger partial charge in [0.15, 0.2) is 6.04 Å². The molecule has 0 aliphatic heterocycles. The largest absolute Gasteiger partial charge is 0.488 e. The van der Waals surface area contributed by atoms with Crippen molar-refractivity contribution >= 4 is 28.8 Å². The standard InChI is InChI=1S/C31H25N5O4/c37-29(22-13-5-2-6-14-22)33-28(27-24-16-8-9-17-25(24)30(38)36-34-27)31(39)35-32-19-23-15-7-10-18-26(23)40-20-21-11-3-1-4-12-21/h1-19,28H,20H2,(H,33,37)(H,35,39)(H,36,38)/t28-/m1/s1. The maximum Gasteiger partial charge on any atom is 0.272 e. The predicted octanol–water partition coefficient (Wildman–Crippen LogP) is 4.12. The molecule has 0 saturated heterocycles. The topological polar surface area (TPSA) is 126 Å². The third-order valence-corrected chi connectivity index (χ3v) is 6.11. The number of nitrogens with one attached hydrogen (secondary N) is 3. The molecule has 0 unspecified atom stereocenters. The molecule has 1 heterocycles. The van der Waals surface area contributed by atoms with Gasteiger partial charge in [0.25, 0.3) is 17.4 Å². The molecule has 0 aliphatic rings. The number of benzene rings is 4. The van der Waals surface area contributed by atoms with Gasteiger partial charge in [-0.15, -0.1) is 0 Å². The summed E-state index contributed by atoms with van der Waals surface area (Å²) in [5.41, 5.74) is 4.30. The van der Waals surface area contributed by atoms with Crippen LogP contribution >= 0.6 is 0 Å². The summed E-state index contributed by atoms with van der Waals surface area (Å²) in [4.78, 5) is 38.8. The summed E-state index contributed by atoms with van der Waals surface area (Å²) in [7, 11) is 0. The Balaban J connectivity index is 1.39. The highest BCUT2D eigenvalue weighted by atomic mass is 16.5. The third-order valence-electron chi connectivity index (χ3n) is 6.11. The molecule has 0 spiro atoms. The van der Waals surface area contributed by atoms with E-state index in [0.717, 1.165) is 5.56 Å². The number of aromatic amines is 1. The zero-order valence-electron chi connectivity index (χ0n) is 21.3. The van der Waals surface area contributed by atoms with E-state index in [9.17, 15) is 14.4 Å². The monoisotopic (exact) mass is 531 g/mol. The number of amides is 2. The summed E-state index contributed by atoms with van der Waals surface area (Å²) in [5, 5.41) is 14.2. The van der Waals surface area contributed by atoms with E-state index < -0.39 is 23.4 Å². The molecule has 1 atom stereocenters. The molecule has 0 radical (unpaired) electrons. The van der Waals surface area contributed by atoms with Crippen LogP contribution in [0.4, 0.5) is 0 Å². The van der Waals surface area contributed by atoms with Gasteiger partial charge >= 0.3 is 0 Å². The number of carbonyl (C=O) groups excluding carboxylic acids is 2. The maximum absolute atomic E-state index is 13.4. The Morgan fingerprint density at radius 3 is 2.27 bits per heavy atom. The number of nitrogens with zero attached hydrogens (tertiary/aromatic N) is 2. The number of rotatable bonds is 9. The first-order chi connectivity index (χ1) is 19.6. The fourth-order valence-electron chi connectivity index (χ4n) is 4.10. The SMILES string of the molecule is O=C(N[C@@H](C(=O)NN=Cc1ccccc1OCc1ccccc1)c1n[nH]c(=O)c2ccccc12)c1ccccc1. The molecule has 198 valence electrons. The number of H-pyrrole nitrogens is 1. The molecule has 40 heavy (non-hydrogen) atoms. The van der Waals surface area contributed by atoms with Gasteiger partial charge in [-0.1, -0.05) is 78.9 Å². The minimum atomic E-state index is -1.25. The minimum absolute atomic E-state index is 0.179. The Hall–Kier alpha value is -5.57. The van der Waals surface area contributed by atoms with Gasteiger partial charge in [-0.25, -0.2) is 10.5 Å². The molecule has 5 rings (SSSR count). The number of carbonyl (C=O) groups is 2. The number of hydrazone groups is 1. The highest BCUT2D eigenvalue weighted by Crippen LogP contribution is 2.21. The number of hydrogen-bond acceptors (Lipinski definition) is 6. The molecule has 0 saturated carbocycles. The summed E-state index contributed by atoms with van der Waals surface area (Å²) in [6, 6.07) is 31.0. The van der Waals surface area contributed by atoms with Gasteiger partial charge in [-0.2, -0.15) is 10.2 Å². The average Bonchev–Trinajstić information content (AvgIpc) is 3.01. The van der Waals surface area contributed by atoms with E-state index in [1.807, 2.05) is 54.6 Å². The van der Waals surface area contributed by atoms with Crippen LogP contribution in [0.25, 0.3) is 10.8 Å². The van der Waals surface area contributed by atoms with Crippen molar-refractivity contribution in [3.8, 4) is 5.75 Å². The first-order valence-electron chi connectivity index (χ1n) is 12.5. The molecule has 0 bridgehead atoms. The number of para-hydroxylation sites is 1. The second kappa shape index (κ2) is 12.3. The van der Waals surface area contributed by atoms with Crippen LogP contribution in [0.1, 0.15) is 33.2 Å². The molecule has 4 aromatic carbocycles. The van der Waals surface area contributed by atoms with Crippen LogP contribution in [0.2, 0.25) is 0 Å². The molecule has 5 aromatic rings. The van der Waals surface area contributed by atoms with Gasteiger partial charge in [0, 0.05) is 16.5 Å². The van der Waals surface area contributed by atoms with Crippen LogP contribution < -0.4 is 21.0 Å². The Morgan fingerprint density at radius 1 is 0.850 bits per heavy atom. The Kier molecular flexibility index (Phi) is 8.02. The second-order valence-electron chi connectivity index (χ2n) is 8.80. The van der Waals surface area contributed by atoms with E-state index in [-0.39, 0.29) is 5.69 Å². The van der Waals surface area contributed by atoms with Crippen molar-refractivity contribution in [2.75, 3.05) is 0 Å². The molecule has 0 fully saturated rings. The summed E-state index contributed by atoms with van der Waals surface area (Å²) >= 11 is 0. The van der Waals surface area contributed by atoms with Gasteiger partial charge in [-0.05, 0) is 35.9 Å². The minimum Gasteiger partial charge on any atom is -0.488 e. The van der Waals surface area contributed by atoms with E-state index in [0.29, 0.717) is 34.3 Å². The third kappa shape index (κ3) is 6.11. The van der Waals surface area contributed by atoms with Crippen molar-refractivity contribution in [1.82, 2.24) is 20.9 Å². The highest BCUT2D eigenvalue weighted by molar-refractivity contribution is 5.99. The first kappa shape index (κ1) is 26.1. The summed E-state index contributed by atoms with van der Waals surface area (Å²) in [5.74, 6) is -0.541. The molecule has 2 amide bonds. The first-order valence-corrected chi connectivity index (χ1v) is 12.5. The van der Waals surface area contributed by atoms with Crippen molar-refractivity contribution in [1.29, 1.82) is 0 Å². The number of hydrogen-bond donors (Lipinski definition) is 3. The maximum atomic E-state index is 13.4. The lowest BCUT2D eigenvalue weighted by Gasteiger charge is -2.18. The molecule has 3 N–H and O–H groups in total. The lowest BCUT2D eigenvalue weighted by molar-refractivity contribution is -0.123. The van der Waals surface area contributed by atoms with Crippen molar-refractivity contribution < 1.29 is 14.3 Å². The average molecular weight is 532 g/mol. The molecular formula is C31H25N5O4. The zero-order chi connectivity index (χ0) is 27.7. The van der Waals surface area contributed by atoms with Crippen molar-refractivity contribution in [2.24, 2.45) is 5.10 Å². The van der Waals surface area contributed by atoms with Crippen LogP contribution in [0.3, 0.4) is 0 Å². The van der Waals surface area contributed by atoms with Crippen LogP contribution in [0.5, 0.6) is 5.75 Å². The van der Waals surface area contributed by atoms with Gasteiger partial charge < -0.3 is 10.1 Å². The van der Waals surface area contributed by atoms with E-state index in [2.05, 4.69) is 26.0 Å². The van der Waals surface area contributed by atoms with Crippen LogP contribution in [-0.4, -0.2) is 28.2 Å². The summed E-state index contributed by atoms with van der Waals surface area (Å²) in [6.45, 7) is 0.372. The fraction of sp³-hybridized carbons (Fsp3) is 0.0645. The summed E-state index contributed by atoms with van der Waals surface area (Å²) in [6.07, 6.45) is 1.46. The molecular weight excluding hydrogens is 506 g/mol. The van der Waals surface area contributed by atoms with Crippen molar-refractivity contribution in [3.05, 3.63) is 142 Å². The predicted molar refractivity (Wildman–Crippen MR) is 152 cm³/mol. The van der Waals surface area contributed by atoms with Crippen LogP contribution in [0, 0.1) is 0 Å². The van der Waals surface area contributed by atoms with Gasteiger partial charge in [-0.3, -0.25) is 14.4 Å². The zero-order valence-corrected chi connectivity index (χ0v) is 21.3. The van der Waals surface area contributed by atoms with Gasteiger partial charge in [0.05, 0.1) is 11.6 Å². The molecule has 9 heteroatoms. The molecule has 0 aliphatic carbocycles. The molecule has 1 aromatic heterocycles. The van der Waals surface area contributed by atoms with Gasteiger partial charge in [0.1, 0.15) is 18.1 Å². The lowest BCUT2D eigenvalue weighted by Crippen LogP contribution is -2.40. The van der Waals surface area contributed by atoms with Gasteiger partial charge in [0.2, 0.25) is 0 Å². The highest BCUT2D eigenvalue weighted by Gasteiger charge is 2.27. The Bertz CT molecular complexity index is 1720. The smallest absolute Gasteiger partial charge is 0.272 e. The Labute approximate surface area is 229 Å². The van der Waals surface area contributed by atoms with Crippen molar-refractivity contribution in [3.63, 3.8) is 0 Å². The van der Waals surface area contributed by atoms with Crippen LogP contribution in [-0.2, 0) is 11.4 Å². The fourth-order valence-corrected chi connectivity index (χ4v) is 4.10. The number of aromatic nitrogens is 2. The van der Waals surface area contributed by atoms with E-state index >= 15 is 0 Å². The number of ether oxygens (including phenoxy) is 1. The summed E-state index contributed by atoms with van der Waals surface area (Å²) < 4.78 is 5.95. The Morgan fingerprint density at radius 2 is 1.50 bits per heavy atom. The normalized spacial score (nSPS) is 11.7. The quantitative estimate of drug-likeness (QED) is 0.195. The van der Waals surface area contributed by atoms with Crippen molar-refractivity contribution in [2.45, 2.75) is 12.6 Å². The van der Waals surface area contributed by atoms with E-state index in [1.165, 1.54) is 6.21 Å². The number of fused-ring (bicyclic) bond motifs is 1. The van der Waals surface area contributed by atoms with E-state index in [4.69, 9.17) is 4.74 Å². The van der Waals surface area contributed by atoms with E-state index in [1.54, 1.807) is 54.6 Å². The lowest BCUT2D eigenvalue weighted by atomic mass is 10.0. The molecule has 9 nitrogen and oxygen atoms in total. The van der Waals surface area contributed by atoms with Crippen LogP contribution in [0.15, 0.2) is 119 Å².